The van der Waals surface area contributed by atoms with Gasteiger partial charge >= 0.3 is 0 Å². The van der Waals surface area contributed by atoms with Crippen molar-refractivity contribution in [1.29, 1.82) is 0 Å². The molecule has 0 heterocycles. The molecule has 0 bridgehead atoms. The minimum Gasteiger partial charge on any atom is -1.00 e. The van der Waals surface area contributed by atoms with Crippen molar-refractivity contribution in [2.45, 2.75) is 13.1 Å². The number of quaternary nitrogens is 1. The molecule has 0 radical (unpaired) electrons. The fourth-order valence-electron chi connectivity index (χ4n) is 2.28. The Morgan fingerprint density at radius 1 is 0.842 bits per heavy atom. The van der Waals surface area contributed by atoms with Crippen LogP contribution in [-0.4, -0.2) is 23.7 Å². The van der Waals surface area contributed by atoms with E-state index in [9.17, 15) is 5.11 Å². The van der Waals surface area contributed by atoms with E-state index < -0.39 is 0 Å². The number of phenols is 1. The van der Waals surface area contributed by atoms with Crippen molar-refractivity contribution in [1.82, 2.24) is 0 Å². The van der Waals surface area contributed by atoms with E-state index >= 15 is 0 Å². The summed E-state index contributed by atoms with van der Waals surface area (Å²) < 4.78 is 0.869. The van der Waals surface area contributed by atoms with Gasteiger partial charge in [0.25, 0.3) is 0 Å². The number of aromatic hydroxyl groups is 1. The lowest BCUT2D eigenvalue weighted by atomic mass is 10.1. The smallest absolute Gasteiger partial charge is 0.116 e. The molecule has 2 nitrogen and oxygen atoms in total. The Balaban J connectivity index is 0.00000180. The van der Waals surface area contributed by atoms with Gasteiger partial charge in [0.1, 0.15) is 18.8 Å². The third kappa shape index (κ3) is 5.05. The highest BCUT2D eigenvalue weighted by molar-refractivity contribution is 5.26. The highest BCUT2D eigenvalue weighted by atomic mass is 79.9. The van der Waals surface area contributed by atoms with Crippen molar-refractivity contribution < 1.29 is 26.6 Å². The summed E-state index contributed by atoms with van der Waals surface area (Å²) in [6.45, 7) is 1.89. The molecular weight excluding hydrogens is 302 g/mol. The summed E-state index contributed by atoms with van der Waals surface area (Å²) in [6, 6.07) is 18.0. The molecule has 0 amide bonds. The molecule has 0 aromatic heterocycles. The predicted octanol–water partition coefficient (Wildman–Crippen LogP) is 0.173. The van der Waals surface area contributed by atoms with Crippen LogP contribution in [0.15, 0.2) is 54.6 Å². The van der Waals surface area contributed by atoms with Crippen LogP contribution in [-0.2, 0) is 13.1 Å². The van der Waals surface area contributed by atoms with E-state index in [0.717, 1.165) is 23.1 Å². The van der Waals surface area contributed by atoms with Crippen LogP contribution in [0.2, 0.25) is 0 Å². The molecule has 0 saturated carbocycles. The monoisotopic (exact) mass is 321 g/mol. The predicted molar refractivity (Wildman–Crippen MR) is 74.1 cm³/mol. The van der Waals surface area contributed by atoms with E-state index in [1.807, 2.05) is 18.2 Å². The van der Waals surface area contributed by atoms with Crippen molar-refractivity contribution in [2.75, 3.05) is 14.1 Å². The molecule has 0 aliphatic carbocycles. The highest BCUT2D eigenvalue weighted by Gasteiger charge is 2.16. The lowest BCUT2D eigenvalue weighted by Gasteiger charge is -2.30. The second-order valence-corrected chi connectivity index (χ2v) is 5.41. The fourth-order valence-corrected chi connectivity index (χ4v) is 2.28. The zero-order valence-corrected chi connectivity index (χ0v) is 13.0. The van der Waals surface area contributed by atoms with Crippen LogP contribution >= 0.6 is 0 Å². The first kappa shape index (κ1) is 15.7. The van der Waals surface area contributed by atoms with Crippen LogP contribution in [0.3, 0.4) is 0 Å². The van der Waals surface area contributed by atoms with E-state index in [0.29, 0.717) is 5.75 Å². The van der Waals surface area contributed by atoms with E-state index in [1.165, 1.54) is 5.56 Å². The normalized spacial score (nSPS) is 10.8. The van der Waals surface area contributed by atoms with Crippen LogP contribution in [0.1, 0.15) is 11.1 Å². The zero-order chi connectivity index (χ0) is 13.0. The Morgan fingerprint density at radius 3 is 2.05 bits per heavy atom. The topological polar surface area (TPSA) is 20.2 Å². The third-order valence-corrected chi connectivity index (χ3v) is 2.97. The Labute approximate surface area is 125 Å². The Hall–Kier alpha value is -1.32. The number of nitrogens with zero attached hydrogens (tertiary/aromatic N) is 1. The second-order valence-electron chi connectivity index (χ2n) is 5.41. The van der Waals surface area contributed by atoms with Gasteiger partial charge in [0, 0.05) is 11.1 Å². The second kappa shape index (κ2) is 6.73. The summed E-state index contributed by atoms with van der Waals surface area (Å²) >= 11 is 0. The van der Waals surface area contributed by atoms with Gasteiger partial charge in [-0.25, -0.2) is 0 Å². The lowest BCUT2D eigenvalue weighted by molar-refractivity contribution is -0.916. The first-order valence-electron chi connectivity index (χ1n) is 6.19. The summed E-state index contributed by atoms with van der Waals surface area (Å²) in [7, 11) is 4.41. The molecule has 0 saturated heterocycles. The van der Waals surface area contributed by atoms with Crippen LogP contribution < -0.4 is 17.0 Å². The van der Waals surface area contributed by atoms with Crippen LogP contribution in [0.5, 0.6) is 5.75 Å². The fraction of sp³-hybridized carbons (Fsp3) is 0.250. The standard InChI is InChI=1S/C16H19NO.BrH/c1-17(2,12-14-7-4-3-5-8-14)13-15-9-6-10-16(18)11-15;/h3-11H,12-13H2,1-2H3;1H. The highest BCUT2D eigenvalue weighted by Crippen LogP contribution is 2.17. The first-order valence-corrected chi connectivity index (χ1v) is 6.19. The molecule has 0 aliphatic heterocycles. The SMILES string of the molecule is C[N+](C)(Cc1ccccc1)Cc1cccc(O)c1.[Br-]. The molecule has 0 atom stereocenters. The van der Waals surface area contributed by atoms with Gasteiger partial charge in [-0.1, -0.05) is 42.5 Å². The number of halogens is 1. The van der Waals surface area contributed by atoms with Gasteiger partial charge in [-0.15, -0.1) is 0 Å². The van der Waals surface area contributed by atoms with Crippen LogP contribution in [0.4, 0.5) is 0 Å². The number of hydrogen-bond donors (Lipinski definition) is 1. The van der Waals surface area contributed by atoms with Gasteiger partial charge < -0.3 is 26.6 Å². The molecule has 0 fully saturated rings. The van der Waals surface area contributed by atoms with Crippen molar-refractivity contribution in [3.8, 4) is 5.75 Å². The van der Waals surface area contributed by atoms with E-state index in [4.69, 9.17) is 0 Å². The largest absolute Gasteiger partial charge is 1.00 e. The Kier molecular flexibility index (Phi) is 5.58. The van der Waals surface area contributed by atoms with E-state index in [-0.39, 0.29) is 17.0 Å². The molecule has 0 unspecified atom stereocenters. The van der Waals surface area contributed by atoms with Crippen molar-refractivity contribution in [3.05, 3.63) is 65.7 Å². The molecule has 3 heteroatoms. The van der Waals surface area contributed by atoms with Crippen LogP contribution in [0.25, 0.3) is 0 Å². The van der Waals surface area contributed by atoms with Gasteiger partial charge in [0.2, 0.25) is 0 Å². The van der Waals surface area contributed by atoms with Gasteiger partial charge in [0.15, 0.2) is 0 Å². The summed E-state index contributed by atoms with van der Waals surface area (Å²) in [5.74, 6) is 0.340. The Morgan fingerprint density at radius 2 is 1.42 bits per heavy atom. The molecule has 1 N–H and O–H groups in total. The molecule has 2 rings (SSSR count). The number of rotatable bonds is 4. The van der Waals surface area contributed by atoms with E-state index in [1.54, 1.807) is 6.07 Å². The minimum absolute atomic E-state index is 0. The number of phenolic OH excluding ortho intramolecular Hbond substituents is 1. The number of benzene rings is 2. The van der Waals surface area contributed by atoms with Crippen molar-refractivity contribution in [2.24, 2.45) is 0 Å². The molecule has 19 heavy (non-hydrogen) atoms. The van der Waals surface area contributed by atoms with Crippen molar-refractivity contribution >= 4 is 0 Å². The van der Waals surface area contributed by atoms with Gasteiger partial charge in [0.05, 0.1) is 14.1 Å². The van der Waals surface area contributed by atoms with Crippen molar-refractivity contribution in [3.63, 3.8) is 0 Å². The lowest BCUT2D eigenvalue weighted by Crippen LogP contribution is -3.00. The maximum absolute atomic E-state index is 9.49. The molecule has 102 valence electrons. The third-order valence-electron chi connectivity index (χ3n) is 2.97. The summed E-state index contributed by atoms with van der Waals surface area (Å²) in [4.78, 5) is 0. The van der Waals surface area contributed by atoms with E-state index in [2.05, 4.69) is 44.4 Å². The average molecular weight is 322 g/mol. The average Bonchev–Trinajstić information content (AvgIpc) is 2.28. The quantitative estimate of drug-likeness (QED) is 0.796. The maximum Gasteiger partial charge on any atom is 0.116 e. The minimum atomic E-state index is 0. The molecule has 2 aromatic carbocycles. The Bertz CT molecular complexity index is 511. The molecule has 2 aromatic rings. The van der Waals surface area contributed by atoms with Gasteiger partial charge in [-0.05, 0) is 12.1 Å². The number of hydrogen-bond acceptors (Lipinski definition) is 1. The maximum atomic E-state index is 9.49. The molecule has 0 spiro atoms. The molecular formula is C16H20BrNO. The van der Waals surface area contributed by atoms with Gasteiger partial charge in [-0.2, -0.15) is 0 Å². The first-order chi connectivity index (χ1) is 8.55. The van der Waals surface area contributed by atoms with Crippen LogP contribution in [0, 0.1) is 0 Å². The van der Waals surface area contributed by atoms with Gasteiger partial charge in [-0.3, -0.25) is 0 Å². The zero-order valence-electron chi connectivity index (χ0n) is 11.4. The molecule has 0 aliphatic rings. The summed E-state index contributed by atoms with van der Waals surface area (Å²) in [5.41, 5.74) is 2.50. The summed E-state index contributed by atoms with van der Waals surface area (Å²) in [5, 5.41) is 9.49. The summed E-state index contributed by atoms with van der Waals surface area (Å²) in [6.07, 6.45) is 0.